The zero-order valence-electron chi connectivity index (χ0n) is 11.3. The van der Waals surface area contributed by atoms with Crippen molar-refractivity contribution in [2.75, 3.05) is 6.61 Å². The van der Waals surface area contributed by atoms with E-state index >= 15 is 0 Å². The average molecular weight is 276 g/mol. The molecule has 106 valence electrons. The number of nitro groups is 1. The van der Waals surface area contributed by atoms with Crippen LogP contribution in [-0.2, 0) is 9.53 Å². The van der Waals surface area contributed by atoms with E-state index in [0.29, 0.717) is 0 Å². The minimum Gasteiger partial charge on any atom is -0.461 e. The molecule has 1 N–H and O–H groups in total. The fourth-order valence-corrected chi connectivity index (χ4v) is 2.34. The van der Waals surface area contributed by atoms with Crippen LogP contribution in [0.4, 0.5) is 0 Å². The molecule has 2 atom stereocenters. The van der Waals surface area contributed by atoms with Crippen molar-refractivity contribution in [3.05, 3.63) is 46.1 Å². The Morgan fingerprint density at radius 2 is 2.15 bits per heavy atom. The van der Waals surface area contributed by atoms with Gasteiger partial charge in [-0.15, -0.1) is 0 Å². The monoisotopic (exact) mass is 276 g/mol. The van der Waals surface area contributed by atoms with Crippen molar-refractivity contribution in [1.29, 1.82) is 0 Å². The number of H-pyrrole nitrogens is 1. The third kappa shape index (κ3) is 2.49. The lowest BCUT2D eigenvalue weighted by Crippen LogP contribution is -2.36. The molecule has 1 aromatic carbocycles. The number of carbonyl (C=O) groups excluding carboxylic acids is 1. The van der Waals surface area contributed by atoms with Crippen LogP contribution in [0.5, 0.6) is 0 Å². The van der Waals surface area contributed by atoms with Crippen LogP contribution in [0.2, 0.25) is 0 Å². The molecule has 0 fully saturated rings. The number of fused-ring (bicyclic) bond motifs is 1. The summed E-state index contributed by atoms with van der Waals surface area (Å²) >= 11 is 0. The first kappa shape index (κ1) is 14.0. The molecule has 6 nitrogen and oxygen atoms in total. The second-order valence-corrected chi connectivity index (χ2v) is 4.56. The minimum atomic E-state index is -1.39. The van der Waals surface area contributed by atoms with Gasteiger partial charge in [-0.1, -0.05) is 25.1 Å². The molecular weight excluding hydrogens is 260 g/mol. The number of hydrogen-bond donors (Lipinski definition) is 1. The predicted molar refractivity (Wildman–Crippen MR) is 74.1 cm³/mol. The zero-order valence-corrected chi connectivity index (χ0v) is 11.3. The van der Waals surface area contributed by atoms with Crippen LogP contribution in [0.25, 0.3) is 10.9 Å². The third-order valence-corrected chi connectivity index (χ3v) is 3.34. The Morgan fingerprint density at radius 3 is 2.80 bits per heavy atom. The molecule has 2 rings (SSSR count). The van der Waals surface area contributed by atoms with Gasteiger partial charge in [0.1, 0.15) is 0 Å². The molecule has 0 radical (unpaired) electrons. The summed E-state index contributed by atoms with van der Waals surface area (Å²) in [5.41, 5.74) is 1.63. The van der Waals surface area contributed by atoms with Crippen LogP contribution in [0.3, 0.4) is 0 Å². The van der Waals surface area contributed by atoms with Gasteiger partial charge in [0.15, 0.2) is 0 Å². The molecule has 2 aromatic rings. The molecule has 20 heavy (non-hydrogen) atoms. The van der Waals surface area contributed by atoms with E-state index in [1.165, 1.54) is 0 Å². The smallest absolute Gasteiger partial charge is 0.382 e. The standard InChI is InChI=1S/C14H16N2O4/c1-3-20-14(17)13(16(18)19)9(2)11-8-15-12-7-5-4-6-10(11)12/h4-9,13,15H,3H2,1-2H3/t9-,13+/m0/s1. The molecule has 1 heterocycles. The fourth-order valence-electron chi connectivity index (χ4n) is 2.34. The second kappa shape index (κ2) is 5.73. The summed E-state index contributed by atoms with van der Waals surface area (Å²) < 4.78 is 4.81. The highest BCUT2D eigenvalue weighted by molar-refractivity contribution is 5.85. The summed E-state index contributed by atoms with van der Waals surface area (Å²) in [4.78, 5) is 25.4. The largest absolute Gasteiger partial charge is 0.461 e. The van der Waals surface area contributed by atoms with E-state index in [1.54, 1.807) is 20.0 Å². The van der Waals surface area contributed by atoms with Gasteiger partial charge in [0.2, 0.25) is 0 Å². The molecule has 1 aromatic heterocycles. The zero-order chi connectivity index (χ0) is 14.7. The Hall–Kier alpha value is -2.37. The van der Waals surface area contributed by atoms with E-state index in [-0.39, 0.29) is 6.61 Å². The predicted octanol–water partition coefficient (Wildman–Crippen LogP) is 2.48. The van der Waals surface area contributed by atoms with Gasteiger partial charge in [0, 0.05) is 22.0 Å². The lowest BCUT2D eigenvalue weighted by Gasteiger charge is -2.15. The second-order valence-electron chi connectivity index (χ2n) is 4.56. The maximum absolute atomic E-state index is 11.8. The fraction of sp³-hybridized carbons (Fsp3) is 0.357. The van der Waals surface area contributed by atoms with Gasteiger partial charge in [0.25, 0.3) is 0 Å². The summed E-state index contributed by atoms with van der Waals surface area (Å²) in [7, 11) is 0. The van der Waals surface area contributed by atoms with Crippen molar-refractivity contribution in [2.45, 2.75) is 25.8 Å². The van der Waals surface area contributed by atoms with Gasteiger partial charge < -0.3 is 9.72 Å². The Labute approximate surface area is 115 Å². The highest BCUT2D eigenvalue weighted by Crippen LogP contribution is 2.29. The van der Waals surface area contributed by atoms with Crippen LogP contribution >= 0.6 is 0 Å². The molecule has 0 unspecified atom stereocenters. The third-order valence-electron chi connectivity index (χ3n) is 3.34. The van der Waals surface area contributed by atoms with Crippen molar-refractivity contribution >= 4 is 16.9 Å². The molecule has 0 aliphatic rings. The van der Waals surface area contributed by atoms with Crippen LogP contribution in [0, 0.1) is 10.1 Å². The molecule has 6 heteroatoms. The van der Waals surface area contributed by atoms with Crippen molar-refractivity contribution in [2.24, 2.45) is 0 Å². The van der Waals surface area contributed by atoms with E-state index in [4.69, 9.17) is 4.74 Å². The topological polar surface area (TPSA) is 85.2 Å². The first-order valence-electron chi connectivity index (χ1n) is 6.42. The summed E-state index contributed by atoms with van der Waals surface area (Å²) in [6, 6.07) is 6.10. The van der Waals surface area contributed by atoms with Crippen LogP contribution in [-0.4, -0.2) is 28.5 Å². The van der Waals surface area contributed by atoms with Gasteiger partial charge in [-0.2, -0.15) is 0 Å². The first-order chi connectivity index (χ1) is 9.56. The van der Waals surface area contributed by atoms with E-state index in [1.807, 2.05) is 24.3 Å². The van der Waals surface area contributed by atoms with Crippen molar-refractivity contribution in [1.82, 2.24) is 4.98 Å². The van der Waals surface area contributed by atoms with Crippen LogP contribution in [0.15, 0.2) is 30.5 Å². The highest BCUT2D eigenvalue weighted by atomic mass is 16.6. The van der Waals surface area contributed by atoms with Crippen LogP contribution < -0.4 is 0 Å². The van der Waals surface area contributed by atoms with Gasteiger partial charge in [0.05, 0.1) is 12.5 Å². The maximum Gasteiger partial charge on any atom is 0.382 e. The number of nitrogens with one attached hydrogen (secondary N) is 1. The number of para-hydroxylation sites is 1. The van der Waals surface area contributed by atoms with Gasteiger partial charge in [-0.3, -0.25) is 10.1 Å². The van der Waals surface area contributed by atoms with Crippen LogP contribution in [0.1, 0.15) is 25.3 Å². The Morgan fingerprint density at radius 1 is 1.45 bits per heavy atom. The number of esters is 1. The molecule has 0 amide bonds. The van der Waals surface area contributed by atoms with E-state index in [0.717, 1.165) is 16.5 Å². The maximum atomic E-state index is 11.8. The molecular formula is C14H16N2O4. The number of aromatic nitrogens is 1. The average Bonchev–Trinajstić information content (AvgIpc) is 2.82. The molecule has 0 bridgehead atoms. The lowest BCUT2D eigenvalue weighted by atomic mass is 9.93. The van der Waals surface area contributed by atoms with Crippen molar-refractivity contribution in [3.63, 3.8) is 0 Å². The SMILES string of the molecule is CCOC(=O)[C@@H]([C@@H](C)c1c[nH]c2ccccc12)[N+](=O)[O-]. The van der Waals surface area contributed by atoms with Gasteiger partial charge in [-0.05, 0) is 18.6 Å². The summed E-state index contributed by atoms with van der Waals surface area (Å²) in [6.45, 7) is 3.43. The van der Waals surface area contributed by atoms with Gasteiger partial charge >= 0.3 is 12.0 Å². The number of ether oxygens (including phenoxy) is 1. The normalized spacial score (nSPS) is 13.9. The molecule has 0 spiro atoms. The Bertz CT molecular complexity index is 635. The van der Waals surface area contributed by atoms with E-state index < -0.39 is 22.9 Å². The summed E-state index contributed by atoms with van der Waals surface area (Å²) in [6.07, 6.45) is 1.71. The Kier molecular flexibility index (Phi) is 4.02. The molecule has 0 aliphatic heterocycles. The molecule has 0 aliphatic carbocycles. The van der Waals surface area contributed by atoms with E-state index in [9.17, 15) is 14.9 Å². The van der Waals surface area contributed by atoms with Crippen molar-refractivity contribution in [3.8, 4) is 0 Å². The summed E-state index contributed by atoms with van der Waals surface area (Å²) in [5.74, 6) is -1.37. The quantitative estimate of drug-likeness (QED) is 0.516. The summed E-state index contributed by atoms with van der Waals surface area (Å²) in [5, 5.41) is 12.1. The lowest BCUT2D eigenvalue weighted by molar-refractivity contribution is -0.514. The molecule has 0 saturated carbocycles. The van der Waals surface area contributed by atoms with Crippen molar-refractivity contribution < 1.29 is 14.5 Å². The number of rotatable bonds is 5. The first-order valence-corrected chi connectivity index (χ1v) is 6.42. The number of aromatic amines is 1. The highest BCUT2D eigenvalue weighted by Gasteiger charge is 2.39. The number of hydrogen-bond acceptors (Lipinski definition) is 4. The van der Waals surface area contributed by atoms with E-state index in [2.05, 4.69) is 4.98 Å². The van der Waals surface area contributed by atoms with Gasteiger partial charge in [-0.25, -0.2) is 4.79 Å². The molecule has 0 saturated heterocycles. The minimum absolute atomic E-state index is 0.129. The number of nitrogens with zero attached hydrogens (tertiary/aromatic N) is 1. The Balaban J connectivity index is 2.39. The number of benzene rings is 1. The number of carbonyl (C=O) groups is 1.